The summed E-state index contributed by atoms with van der Waals surface area (Å²) in [4.78, 5) is 12.3. The molecule has 0 unspecified atom stereocenters. The van der Waals surface area contributed by atoms with Gasteiger partial charge >= 0.3 is 13.8 Å². The van der Waals surface area contributed by atoms with Crippen molar-refractivity contribution in [3.8, 4) is 11.5 Å². The third-order valence-corrected chi connectivity index (χ3v) is 4.74. The van der Waals surface area contributed by atoms with Gasteiger partial charge in [-0.25, -0.2) is 9.36 Å². The Morgan fingerprint density at radius 1 is 0.821 bits per heavy atom. The van der Waals surface area contributed by atoms with Crippen LogP contribution in [0.25, 0.3) is 0 Å². The summed E-state index contributed by atoms with van der Waals surface area (Å²) >= 11 is 0. The van der Waals surface area contributed by atoms with Crippen molar-refractivity contribution in [3.63, 3.8) is 0 Å². The van der Waals surface area contributed by atoms with Gasteiger partial charge < -0.3 is 14.0 Å². The highest BCUT2D eigenvalue weighted by Crippen LogP contribution is 2.56. The number of hydrogen-bond donors (Lipinski definition) is 0. The van der Waals surface area contributed by atoms with Crippen molar-refractivity contribution in [2.75, 3.05) is 7.11 Å². The van der Waals surface area contributed by atoms with Gasteiger partial charge in [-0.05, 0) is 80.5 Å². The molecule has 0 saturated carbocycles. The molecule has 0 amide bonds. The second-order valence-corrected chi connectivity index (χ2v) is 10.8. The summed E-state index contributed by atoms with van der Waals surface area (Å²) in [5.41, 5.74) is -1.90. The monoisotopic (exact) mass is 416 g/mol. The quantitative estimate of drug-likeness (QED) is 0.430. The van der Waals surface area contributed by atoms with E-state index < -0.39 is 30.6 Å². The molecule has 0 heterocycles. The number of benzene rings is 1. The summed E-state index contributed by atoms with van der Waals surface area (Å²) < 4.78 is 40.8. The molecule has 0 aliphatic carbocycles. The van der Waals surface area contributed by atoms with Crippen LogP contribution in [-0.4, -0.2) is 29.9 Å². The van der Waals surface area contributed by atoms with Crippen LogP contribution in [0.1, 0.15) is 72.7 Å². The Morgan fingerprint density at radius 2 is 1.32 bits per heavy atom. The molecule has 0 N–H and O–H groups in total. The molecular formula is C20H33O7P. The van der Waals surface area contributed by atoms with Crippen molar-refractivity contribution >= 4 is 13.8 Å². The first kappa shape index (κ1) is 24.5. The van der Waals surface area contributed by atoms with Gasteiger partial charge in [0.2, 0.25) is 0 Å². The molecule has 1 rings (SSSR count). The van der Waals surface area contributed by atoms with E-state index in [9.17, 15) is 9.36 Å². The van der Waals surface area contributed by atoms with Crippen molar-refractivity contribution in [3.05, 3.63) is 23.8 Å². The van der Waals surface area contributed by atoms with E-state index in [2.05, 4.69) is 0 Å². The van der Waals surface area contributed by atoms with Gasteiger partial charge in [0.1, 0.15) is 5.60 Å². The van der Waals surface area contributed by atoms with Crippen molar-refractivity contribution in [1.29, 1.82) is 0 Å². The minimum absolute atomic E-state index is 0.131. The van der Waals surface area contributed by atoms with E-state index in [0.717, 1.165) is 0 Å². The number of esters is 1. The molecule has 0 radical (unpaired) electrons. The number of hydrogen-bond acceptors (Lipinski definition) is 7. The van der Waals surface area contributed by atoms with Gasteiger partial charge in [0.05, 0.1) is 23.9 Å². The van der Waals surface area contributed by atoms with Gasteiger partial charge in [0.25, 0.3) is 0 Å². The Kier molecular flexibility index (Phi) is 7.38. The van der Waals surface area contributed by atoms with Crippen LogP contribution in [0, 0.1) is 0 Å². The molecule has 1 aromatic rings. The lowest BCUT2D eigenvalue weighted by atomic mass is 10.1. The Labute approximate surface area is 168 Å². The molecule has 0 aliphatic rings. The highest BCUT2D eigenvalue weighted by Gasteiger charge is 2.39. The molecule has 1 aromatic carbocycles. The van der Waals surface area contributed by atoms with E-state index in [1.54, 1.807) is 62.3 Å². The van der Waals surface area contributed by atoms with Crippen LogP contribution < -0.4 is 9.26 Å². The highest BCUT2D eigenvalue weighted by molar-refractivity contribution is 7.49. The van der Waals surface area contributed by atoms with Crippen molar-refractivity contribution < 1.29 is 32.4 Å². The van der Waals surface area contributed by atoms with Crippen LogP contribution in [-0.2, 0) is 18.3 Å². The smallest absolute Gasteiger partial charge is 0.493 e. The fourth-order valence-corrected chi connectivity index (χ4v) is 3.90. The van der Waals surface area contributed by atoms with Gasteiger partial charge in [-0.15, -0.1) is 0 Å². The van der Waals surface area contributed by atoms with E-state index in [1.165, 1.54) is 25.3 Å². The van der Waals surface area contributed by atoms with E-state index in [0.29, 0.717) is 0 Å². The van der Waals surface area contributed by atoms with Gasteiger partial charge in [-0.1, -0.05) is 0 Å². The molecule has 0 aliphatic heterocycles. The number of ether oxygens (including phenoxy) is 2. The zero-order chi connectivity index (χ0) is 22.0. The Hall–Kier alpha value is -1.56. The largest absolute Gasteiger partial charge is 0.531 e. The zero-order valence-corrected chi connectivity index (χ0v) is 19.4. The zero-order valence-electron chi connectivity index (χ0n) is 18.5. The lowest BCUT2D eigenvalue weighted by molar-refractivity contribution is 0.00686. The molecule has 7 nitrogen and oxygen atoms in total. The number of carbonyl (C=O) groups is 1. The van der Waals surface area contributed by atoms with Gasteiger partial charge in [0, 0.05) is 0 Å². The predicted octanol–water partition coefficient (Wildman–Crippen LogP) is 5.77. The van der Waals surface area contributed by atoms with Crippen molar-refractivity contribution in [1.82, 2.24) is 0 Å². The number of methoxy groups -OCH3 is 1. The van der Waals surface area contributed by atoms with E-state index in [-0.39, 0.29) is 17.1 Å². The second-order valence-electron chi connectivity index (χ2n) is 9.31. The summed E-state index contributed by atoms with van der Waals surface area (Å²) in [5, 5.41) is 0. The fraction of sp³-hybridized carbons (Fsp3) is 0.650. The van der Waals surface area contributed by atoms with E-state index >= 15 is 0 Å². The molecule has 0 fully saturated rings. The molecule has 160 valence electrons. The van der Waals surface area contributed by atoms with Crippen molar-refractivity contribution in [2.45, 2.75) is 79.1 Å². The minimum Gasteiger partial charge on any atom is -0.493 e. The Bertz CT molecular complexity index is 716. The topological polar surface area (TPSA) is 80.3 Å². The number of phosphoric acid groups is 1. The van der Waals surface area contributed by atoms with Crippen LogP contribution in [0.15, 0.2) is 18.2 Å². The van der Waals surface area contributed by atoms with Crippen LogP contribution in [0.4, 0.5) is 0 Å². The van der Waals surface area contributed by atoms with Crippen molar-refractivity contribution in [2.24, 2.45) is 0 Å². The highest BCUT2D eigenvalue weighted by atomic mass is 31.2. The first-order valence-electron chi connectivity index (χ1n) is 9.06. The number of carbonyl (C=O) groups excluding carboxylic acids is 1. The summed E-state index contributed by atoms with van der Waals surface area (Å²) in [7, 11) is -2.58. The Balaban J connectivity index is 3.22. The Morgan fingerprint density at radius 3 is 1.71 bits per heavy atom. The average Bonchev–Trinajstić information content (AvgIpc) is 2.40. The normalized spacial score (nSPS) is 13.2. The van der Waals surface area contributed by atoms with Crippen LogP contribution in [0.3, 0.4) is 0 Å². The van der Waals surface area contributed by atoms with E-state index in [1.807, 2.05) is 0 Å². The molecule has 8 heteroatoms. The third-order valence-electron chi connectivity index (χ3n) is 2.78. The molecule has 0 saturated heterocycles. The standard InChI is InChI=1S/C20H33O7P/c1-18(2,3)24-17(21)14-11-12-15(16(13-14)23-10)25-28(22,26-19(4,5)6)27-20(7,8)9/h11-13H,1-10H3. The summed E-state index contributed by atoms with van der Waals surface area (Å²) in [6, 6.07) is 4.44. The fourth-order valence-electron chi connectivity index (χ4n) is 2.05. The molecule has 0 aromatic heterocycles. The van der Waals surface area contributed by atoms with Gasteiger partial charge in [-0.3, -0.25) is 9.05 Å². The van der Waals surface area contributed by atoms with E-state index in [4.69, 9.17) is 23.0 Å². The lowest BCUT2D eigenvalue weighted by Crippen LogP contribution is -2.25. The van der Waals surface area contributed by atoms with Crippen LogP contribution in [0.2, 0.25) is 0 Å². The maximum Gasteiger partial charge on any atom is 0.531 e. The summed E-state index contributed by atoms with van der Waals surface area (Å²) in [6.07, 6.45) is 0. The molecule has 28 heavy (non-hydrogen) atoms. The maximum absolute atomic E-state index is 13.3. The first-order chi connectivity index (χ1) is 12.4. The molecule has 0 atom stereocenters. The second kappa shape index (κ2) is 8.44. The van der Waals surface area contributed by atoms with Gasteiger partial charge in [-0.2, -0.15) is 0 Å². The predicted molar refractivity (Wildman–Crippen MR) is 108 cm³/mol. The molecule has 0 spiro atoms. The number of phosphoric ester groups is 1. The maximum atomic E-state index is 13.3. The average molecular weight is 416 g/mol. The molecule has 0 bridgehead atoms. The van der Waals surface area contributed by atoms with Crippen LogP contribution >= 0.6 is 7.82 Å². The third kappa shape index (κ3) is 8.63. The first-order valence-corrected chi connectivity index (χ1v) is 10.5. The SMILES string of the molecule is COc1cc(C(=O)OC(C)(C)C)ccc1OP(=O)(OC(C)(C)C)OC(C)(C)C. The summed E-state index contributed by atoms with van der Waals surface area (Å²) in [6.45, 7) is 15.8. The lowest BCUT2D eigenvalue weighted by Gasteiger charge is -2.31. The summed E-state index contributed by atoms with van der Waals surface area (Å²) in [5.74, 6) is -0.164. The van der Waals surface area contributed by atoms with Crippen LogP contribution in [0.5, 0.6) is 11.5 Å². The minimum atomic E-state index is -3.99. The van der Waals surface area contributed by atoms with Gasteiger partial charge in [0.15, 0.2) is 11.5 Å². The number of rotatable bonds is 6. The molecular weight excluding hydrogens is 383 g/mol.